The second-order valence-electron chi connectivity index (χ2n) is 4.87. The molecular formula is C12H23NO3. The first-order valence-corrected chi connectivity index (χ1v) is 6.07. The molecule has 0 aliphatic carbocycles. The quantitative estimate of drug-likeness (QED) is 0.692. The fraction of sp³-hybridized carbons (Fsp3) is 0.917. The lowest BCUT2D eigenvalue weighted by atomic mass is 9.83. The van der Waals surface area contributed by atoms with Gasteiger partial charge in [0.2, 0.25) is 5.91 Å². The van der Waals surface area contributed by atoms with Crippen molar-refractivity contribution in [1.29, 1.82) is 0 Å². The molecule has 0 bridgehead atoms. The van der Waals surface area contributed by atoms with Gasteiger partial charge in [0, 0.05) is 6.61 Å². The van der Waals surface area contributed by atoms with Gasteiger partial charge in [-0.2, -0.15) is 0 Å². The lowest BCUT2D eigenvalue weighted by Crippen LogP contribution is -2.66. The summed E-state index contributed by atoms with van der Waals surface area (Å²) < 4.78 is 5.26. The second-order valence-corrected chi connectivity index (χ2v) is 4.87. The number of likely N-dealkylation sites (tertiary alicyclic amines) is 1. The number of hydrogen-bond donors (Lipinski definition) is 1. The third-order valence-electron chi connectivity index (χ3n) is 3.17. The van der Waals surface area contributed by atoms with Gasteiger partial charge in [-0.3, -0.25) is 4.79 Å². The zero-order valence-electron chi connectivity index (χ0n) is 10.5. The van der Waals surface area contributed by atoms with E-state index in [1.54, 1.807) is 4.90 Å². The van der Waals surface area contributed by atoms with Gasteiger partial charge in [0.1, 0.15) is 5.60 Å². The molecule has 1 rings (SSSR count). The van der Waals surface area contributed by atoms with Crippen LogP contribution in [-0.2, 0) is 9.53 Å². The number of hydrogen-bond acceptors (Lipinski definition) is 3. The predicted molar refractivity (Wildman–Crippen MR) is 62.1 cm³/mol. The van der Waals surface area contributed by atoms with Crippen LogP contribution in [0.1, 0.15) is 33.6 Å². The molecule has 0 atom stereocenters. The molecule has 1 heterocycles. The maximum absolute atomic E-state index is 11.6. The summed E-state index contributed by atoms with van der Waals surface area (Å²) in [5.74, 6) is 0.286. The van der Waals surface area contributed by atoms with Crippen LogP contribution in [0.2, 0.25) is 0 Å². The first-order chi connectivity index (χ1) is 7.49. The Labute approximate surface area is 97.6 Å². The lowest BCUT2D eigenvalue weighted by Gasteiger charge is -2.49. The van der Waals surface area contributed by atoms with E-state index in [1.807, 2.05) is 20.8 Å². The summed E-state index contributed by atoms with van der Waals surface area (Å²) in [7, 11) is 0. The number of rotatable bonds is 6. The van der Waals surface area contributed by atoms with Gasteiger partial charge in [-0.25, -0.2) is 0 Å². The number of β-amino-alcohol motifs (C(OH)–C–C–N with tert-alkyl or cyclic N) is 1. The normalized spacial score (nSPS) is 18.7. The van der Waals surface area contributed by atoms with Gasteiger partial charge in [0.25, 0.3) is 0 Å². The van der Waals surface area contributed by atoms with Crippen molar-refractivity contribution in [2.75, 3.05) is 26.3 Å². The largest absolute Gasteiger partial charge is 0.386 e. The van der Waals surface area contributed by atoms with Crippen LogP contribution in [-0.4, -0.2) is 47.8 Å². The van der Waals surface area contributed by atoms with E-state index in [-0.39, 0.29) is 11.8 Å². The van der Waals surface area contributed by atoms with E-state index in [0.717, 1.165) is 6.42 Å². The Morgan fingerprint density at radius 3 is 2.56 bits per heavy atom. The van der Waals surface area contributed by atoms with Gasteiger partial charge in [-0.05, 0) is 12.3 Å². The van der Waals surface area contributed by atoms with Crippen molar-refractivity contribution < 1.29 is 14.6 Å². The number of nitrogens with zero attached hydrogens (tertiary/aromatic N) is 1. The zero-order valence-corrected chi connectivity index (χ0v) is 10.5. The van der Waals surface area contributed by atoms with Crippen LogP contribution in [0.3, 0.4) is 0 Å². The molecule has 0 aromatic rings. The lowest BCUT2D eigenvalue weighted by molar-refractivity contribution is -0.164. The predicted octanol–water partition coefficient (Wildman–Crippen LogP) is 1.03. The smallest absolute Gasteiger partial charge is 0.225 e. The Hall–Kier alpha value is -0.610. The SMILES string of the molecule is CCCOCCC(=O)N1CC(O)(C(C)C)C1. The third kappa shape index (κ3) is 3.19. The van der Waals surface area contributed by atoms with E-state index in [2.05, 4.69) is 0 Å². The van der Waals surface area contributed by atoms with Crippen LogP contribution in [0.25, 0.3) is 0 Å². The van der Waals surface area contributed by atoms with Crippen LogP contribution >= 0.6 is 0 Å². The van der Waals surface area contributed by atoms with Crippen LogP contribution in [0, 0.1) is 5.92 Å². The molecule has 0 radical (unpaired) electrons. The van der Waals surface area contributed by atoms with Crippen molar-refractivity contribution in [3.63, 3.8) is 0 Å². The minimum Gasteiger partial charge on any atom is -0.386 e. The molecule has 4 nitrogen and oxygen atoms in total. The molecule has 1 amide bonds. The van der Waals surface area contributed by atoms with E-state index >= 15 is 0 Å². The van der Waals surface area contributed by atoms with E-state index in [0.29, 0.717) is 32.7 Å². The highest BCUT2D eigenvalue weighted by atomic mass is 16.5. The van der Waals surface area contributed by atoms with Crippen LogP contribution < -0.4 is 0 Å². The average molecular weight is 229 g/mol. The molecule has 0 unspecified atom stereocenters. The molecule has 0 spiro atoms. The Balaban J connectivity index is 2.17. The van der Waals surface area contributed by atoms with Crippen LogP contribution in [0.15, 0.2) is 0 Å². The molecular weight excluding hydrogens is 206 g/mol. The Morgan fingerprint density at radius 2 is 2.06 bits per heavy atom. The summed E-state index contributed by atoms with van der Waals surface area (Å²) in [6.45, 7) is 8.14. The molecule has 1 aliphatic rings. The van der Waals surface area contributed by atoms with Crippen molar-refractivity contribution in [1.82, 2.24) is 4.90 Å². The van der Waals surface area contributed by atoms with E-state index < -0.39 is 5.60 Å². The summed E-state index contributed by atoms with van der Waals surface area (Å²) in [5.41, 5.74) is -0.667. The van der Waals surface area contributed by atoms with Crippen molar-refractivity contribution >= 4 is 5.91 Å². The fourth-order valence-corrected chi connectivity index (χ4v) is 1.72. The summed E-state index contributed by atoms with van der Waals surface area (Å²) in [6, 6.07) is 0. The standard InChI is InChI=1S/C12H23NO3/c1-4-6-16-7-5-11(14)13-8-12(15,9-13)10(2)3/h10,15H,4-9H2,1-3H3. The molecule has 1 aliphatic heterocycles. The highest BCUT2D eigenvalue weighted by molar-refractivity contribution is 5.77. The van der Waals surface area contributed by atoms with Crippen molar-refractivity contribution in [3.05, 3.63) is 0 Å². The minimum absolute atomic E-state index is 0.0847. The first kappa shape index (κ1) is 13.5. The van der Waals surface area contributed by atoms with E-state index in [9.17, 15) is 9.90 Å². The van der Waals surface area contributed by atoms with Gasteiger partial charge in [-0.1, -0.05) is 20.8 Å². The maximum Gasteiger partial charge on any atom is 0.225 e. The van der Waals surface area contributed by atoms with Crippen molar-refractivity contribution in [3.8, 4) is 0 Å². The number of carbonyl (C=O) groups is 1. The molecule has 1 saturated heterocycles. The molecule has 0 aromatic carbocycles. The zero-order chi connectivity index (χ0) is 12.2. The molecule has 0 saturated carbocycles. The van der Waals surface area contributed by atoms with Crippen LogP contribution in [0.5, 0.6) is 0 Å². The minimum atomic E-state index is -0.667. The van der Waals surface area contributed by atoms with Gasteiger partial charge in [0.15, 0.2) is 0 Å². The first-order valence-electron chi connectivity index (χ1n) is 6.07. The maximum atomic E-state index is 11.6. The molecule has 1 N–H and O–H groups in total. The molecule has 0 aromatic heterocycles. The number of ether oxygens (including phenoxy) is 1. The number of aliphatic hydroxyl groups is 1. The summed E-state index contributed by atoms with van der Waals surface area (Å²) in [4.78, 5) is 13.3. The highest BCUT2D eigenvalue weighted by Gasteiger charge is 2.45. The van der Waals surface area contributed by atoms with Gasteiger partial charge in [0.05, 0.1) is 26.1 Å². The van der Waals surface area contributed by atoms with Crippen molar-refractivity contribution in [2.24, 2.45) is 5.92 Å². The van der Waals surface area contributed by atoms with Gasteiger partial charge >= 0.3 is 0 Å². The average Bonchev–Trinajstić information content (AvgIpc) is 2.19. The number of carbonyl (C=O) groups excluding carboxylic acids is 1. The summed E-state index contributed by atoms with van der Waals surface area (Å²) >= 11 is 0. The Kier molecular flexibility index (Phi) is 4.74. The third-order valence-corrected chi connectivity index (χ3v) is 3.17. The molecule has 16 heavy (non-hydrogen) atoms. The molecule has 1 fully saturated rings. The summed E-state index contributed by atoms with van der Waals surface area (Å²) in [5, 5.41) is 9.99. The fourth-order valence-electron chi connectivity index (χ4n) is 1.72. The topological polar surface area (TPSA) is 49.8 Å². The molecule has 4 heteroatoms. The monoisotopic (exact) mass is 229 g/mol. The number of amides is 1. The Morgan fingerprint density at radius 1 is 1.44 bits per heavy atom. The second kappa shape index (κ2) is 5.64. The Bertz CT molecular complexity index is 234. The van der Waals surface area contributed by atoms with Gasteiger partial charge in [-0.15, -0.1) is 0 Å². The van der Waals surface area contributed by atoms with E-state index in [1.165, 1.54) is 0 Å². The van der Waals surface area contributed by atoms with Crippen molar-refractivity contribution in [2.45, 2.75) is 39.2 Å². The van der Waals surface area contributed by atoms with E-state index in [4.69, 9.17) is 4.74 Å². The summed E-state index contributed by atoms with van der Waals surface area (Å²) in [6.07, 6.45) is 1.40. The van der Waals surface area contributed by atoms with Gasteiger partial charge < -0.3 is 14.7 Å². The van der Waals surface area contributed by atoms with Crippen LogP contribution in [0.4, 0.5) is 0 Å². The highest BCUT2D eigenvalue weighted by Crippen LogP contribution is 2.28. The molecule has 94 valence electrons.